The summed E-state index contributed by atoms with van der Waals surface area (Å²) in [5.41, 5.74) is 9.96. The van der Waals surface area contributed by atoms with E-state index < -0.39 is 0 Å². The lowest BCUT2D eigenvalue weighted by molar-refractivity contribution is 0.680. The third kappa shape index (κ3) is 2.92. The Morgan fingerprint density at radius 1 is 1.42 bits per heavy atom. The van der Waals surface area contributed by atoms with E-state index >= 15 is 0 Å². The minimum Gasteiger partial charge on any atom is -0.399 e. The number of halogens is 1. The summed E-state index contributed by atoms with van der Waals surface area (Å²) in [5.74, 6) is 0. The Morgan fingerprint density at radius 3 is 2.68 bits per heavy atom. The lowest BCUT2D eigenvalue weighted by atomic mass is 10.2. The molecular weight excluding hydrogens is 304 g/mol. The molecule has 0 aliphatic carbocycles. The first-order valence-electron chi connectivity index (χ1n) is 6.31. The number of aromatic nitrogens is 2. The van der Waals surface area contributed by atoms with Crippen LogP contribution in [0.25, 0.3) is 0 Å². The second kappa shape index (κ2) is 5.65. The number of hydrogen-bond acceptors (Lipinski definition) is 3. The first-order valence-corrected chi connectivity index (χ1v) is 7.10. The number of hydrogen-bond donors (Lipinski definition) is 1. The fourth-order valence-corrected chi connectivity index (χ4v) is 2.60. The van der Waals surface area contributed by atoms with Crippen molar-refractivity contribution in [2.24, 2.45) is 7.05 Å². The molecule has 0 spiro atoms. The van der Waals surface area contributed by atoms with Crippen LogP contribution in [-0.4, -0.2) is 16.3 Å². The van der Waals surface area contributed by atoms with Crippen LogP contribution in [0.2, 0.25) is 0 Å². The first kappa shape index (κ1) is 13.9. The molecule has 0 radical (unpaired) electrons. The molecule has 2 aromatic rings. The van der Waals surface area contributed by atoms with Gasteiger partial charge in [0.05, 0.1) is 22.4 Å². The molecular formula is C14H19BrN4. The Kier molecular flexibility index (Phi) is 4.14. The van der Waals surface area contributed by atoms with Gasteiger partial charge in [-0.25, -0.2) is 0 Å². The van der Waals surface area contributed by atoms with Crippen LogP contribution < -0.4 is 10.6 Å². The number of rotatable bonds is 4. The summed E-state index contributed by atoms with van der Waals surface area (Å²) in [4.78, 5) is 2.28. The molecule has 0 bridgehead atoms. The van der Waals surface area contributed by atoms with Crippen molar-refractivity contribution in [1.29, 1.82) is 0 Å². The summed E-state index contributed by atoms with van der Waals surface area (Å²) in [5, 5.41) is 4.43. The molecule has 1 aromatic heterocycles. The second-order valence-electron chi connectivity index (χ2n) is 4.58. The summed E-state index contributed by atoms with van der Waals surface area (Å²) in [6.07, 6.45) is 0. The standard InChI is InChI=1S/C14H19BrN4/c1-4-19(12-7-5-6-11(16)8-12)9-13-14(15)10(2)17-18(13)3/h5-8H,4,9,16H2,1-3H3. The minimum absolute atomic E-state index is 0.788. The number of anilines is 2. The van der Waals surface area contributed by atoms with Gasteiger partial charge < -0.3 is 10.6 Å². The Labute approximate surface area is 122 Å². The molecule has 0 aliphatic heterocycles. The average Bonchev–Trinajstić information content (AvgIpc) is 2.61. The molecule has 0 atom stereocenters. The van der Waals surface area contributed by atoms with Gasteiger partial charge in [0.2, 0.25) is 0 Å². The Hall–Kier alpha value is -1.49. The monoisotopic (exact) mass is 322 g/mol. The van der Waals surface area contributed by atoms with Crippen molar-refractivity contribution in [3.05, 3.63) is 40.1 Å². The maximum absolute atomic E-state index is 5.85. The summed E-state index contributed by atoms with van der Waals surface area (Å²) < 4.78 is 3.01. The van der Waals surface area contributed by atoms with Gasteiger partial charge >= 0.3 is 0 Å². The summed E-state index contributed by atoms with van der Waals surface area (Å²) in [6, 6.07) is 7.97. The molecule has 2 N–H and O–H groups in total. The third-order valence-corrected chi connectivity index (χ3v) is 4.25. The van der Waals surface area contributed by atoms with Gasteiger partial charge in [0.15, 0.2) is 0 Å². The van der Waals surface area contributed by atoms with E-state index in [4.69, 9.17) is 5.73 Å². The van der Waals surface area contributed by atoms with E-state index in [2.05, 4.69) is 38.9 Å². The van der Waals surface area contributed by atoms with Gasteiger partial charge in [-0.3, -0.25) is 4.68 Å². The van der Waals surface area contributed by atoms with E-state index in [9.17, 15) is 0 Å². The molecule has 1 aromatic carbocycles. The summed E-state index contributed by atoms with van der Waals surface area (Å²) in [7, 11) is 1.97. The largest absolute Gasteiger partial charge is 0.399 e. The maximum Gasteiger partial charge on any atom is 0.0739 e. The van der Waals surface area contributed by atoms with Crippen molar-refractivity contribution in [1.82, 2.24) is 9.78 Å². The zero-order valence-corrected chi connectivity index (χ0v) is 13.1. The molecule has 0 saturated heterocycles. The number of aryl methyl sites for hydroxylation is 2. The normalized spacial score (nSPS) is 10.7. The summed E-state index contributed by atoms with van der Waals surface area (Å²) >= 11 is 3.61. The van der Waals surface area contributed by atoms with Crippen LogP contribution in [0.1, 0.15) is 18.3 Å². The van der Waals surface area contributed by atoms with Crippen molar-refractivity contribution in [2.45, 2.75) is 20.4 Å². The van der Waals surface area contributed by atoms with Crippen LogP contribution >= 0.6 is 15.9 Å². The average molecular weight is 323 g/mol. The molecule has 1 heterocycles. The van der Waals surface area contributed by atoms with Crippen LogP contribution in [0.4, 0.5) is 11.4 Å². The number of nitrogens with zero attached hydrogens (tertiary/aromatic N) is 3. The molecule has 0 aliphatic rings. The van der Waals surface area contributed by atoms with Crippen LogP contribution in [0, 0.1) is 6.92 Å². The van der Waals surface area contributed by atoms with E-state index in [0.717, 1.165) is 34.6 Å². The molecule has 4 nitrogen and oxygen atoms in total. The van der Waals surface area contributed by atoms with Gasteiger partial charge in [-0.1, -0.05) is 6.07 Å². The van der Waals surface area contributed by atoms with E-state index in [1.54, 1.807) is 0 Å². The third-order valence-electron chi connectivity index (χ3n) is 3.22. The van der Waals surface area contributed by atoms with Crippen LogP contribution in [0.15, 0.2) is 28.7 Å². The number of benzene rings is 1. The minimum atomic E-state index is 0.788. The molecule has 0 amide bonds. The molecule has 2 rings (SSSR count). The van der Waals surface area contributed by atoms with Crippen LogP contribution in [0.3, 0.4) is 0 Å². The van der Waals surface area contributed by atoms with Crippen LogP contribution in [0.5, 0.6) is 0 Å². The Balaban J connectivity index is 2.29. The molecule has 0 saturated carbocycles. The first-order chi connectivity index (χ1) is 9.02. The predicted molar refractivity (Wildman–Crippen MR) is 83.2 cm³/mol. The highest BCUT2D eigenvalue weighted by molar-refractivity contribution is 9.10. The van der Waals surface area contributed by atoms with Crippen molar-refractivity contribution in [3.63, 3.8) is 0 Å². The second-order valence-corrected chi connectivity index (χ2v) is 5.37. The zero-order valence-electron chi connectivity index (χ0n) is 11.5. The molecule has 0 unspecified atom stereocenters. The fourth-order valence-electron chi connectivity index (χ4n) is 2.14. The van der Waals surface area contributed by atoms with E-state index in [-0.39, 0.29) is 0 Å². The van der Waals surface area contributed by atoms with Gasteiger partial charge in [0.1, 0.15) is 0 Å². The Morgan fingerprint density at radius 2 is 2.16 bits per heavy atom. The fraction of sp³-hybridized carbons (Fsp3) is 0.357. The molecule has 0 fully saturated rings. The van der Waals surface area contributed by atoms with E-state index in [1.165, 1.54) is 5.69 Å². The quantitative estimate of drug-likeness (QED) is 0.880. The lowest BCUT2D eigenvalue weighted by Crippen LogP contribution is -2.23. The predicted octanol–water partition coefficient (Wildman–Crippen LogP) is 3.10. The molecule has 19 heavy (non-hydrogen) atoms. The maximum atomic E-state index is 5.85. The lowest BCUT2D eigenvalue weighted by Gasteiger charge is -2.23. The van der Waals surface area contributed by atoms with Crippen molar-refractivity contribution in [3.8, 4) is 0 Å². The van der Waals surface area contributed by atoms with Gasteiger partial charge in [-0.2, -0.15) is 5.10 Å². The van der Waals surface area contributed by atoms with E-state index in [0.29, 0.717) is 0 Å². The topological polar surface area (TPSA) is 47.1 Å². The SMILES string of the molecule is CCN(Cc1c(Br)c(C)nn1C)c1cccc(N)c1. The van der Waals surface area contributed by atoms with Gasteiger partial charge in [0.25, 0.3) is 0 Å². The Bertz CT molecular complexity index is 577. The highest BCUT2D eigenvalue weighted by Crippen LogP contribution is 2.25. The smallest absolute Gasteiger partial charge is 0.0739 e. The highest BCUT2D eigenvalue weighted by Gasteiger charge is 2.14. The van der Waals surface area contributed by atoms with Gasteiger partial charge in [-0.05, 0) is 48.0 Å². The molecule has 102 valence electrons. The number of nitrogen functional groups attached to an aromatic ring is 1. The van der Waals surface area contributed by atoms with Gasteiger partial charge in [-0.15, -0.1) is 0 Å². The zero-order chi connectivity index (χ0) is 14.0. The highest BCUT2D eigenvalue weighted by atomic mass is 79.9. The van der Waals surface area contributed by atoms with Gasteiger partial charge in [0, 0.05) is 25.0 Å². The summed E-state index contributed by atoms with van der Waals surface area (Å²) in [6.45, 7) is 5.86. The van der Waals surface area contributed by atoms with Crippen molar-refractivity contribution >= 4 is 27.3 Å². The molecule has 5 heteroatoms. The van der Waals surface area contributed by atoms with Crippen molar-refractivity contribution in [2.75, 3.05) is 17.2 Å². The number of nitrogens with two attached hydrogens (primary N) is 1. The van der Waals surface area contributed by atoms with Crippen molar-refractivity contribution < 1.29 is 0 Å². The van der Waals surface area contributed by atoms with E-state index in [1.807, 2.05) is 36.9 Å². The van der Waals surface area contributed by atoms with Crippen LogP contribution in [-0.2, 0) is 13.6 Å².